The Bertz CT molecular complexity index is 773. The molecule has 1 N–H and O–H groups in total. The lowest BCUT2D eigenvalue weighted by Crippen LogP contribution is -2.47. The molecule has 2 rings (SSSR count). The van der Waals surface area contributed by atoms with Gasteiger partial charge in [-0.1, -0.05) is 0 Å². The van der Waals surface area contributed by atoms with Gasteiger partial charge in [-0.05, 0) is 31.4 Å². The molecule has 12 heteroatoms. The topological polar surface area (TPSA) is 97.8 Å². The van der Waals surface area contributed by atoms with E-state index in [0.717, 1.165) is 0 Å². The molecular formula is C16H22F3N3O5S. The Kier molecular flexibility index (Phi) is 7.61. The lowest BCUT2D eigenvalue weighted by molar-refractivity contribution is -0.154. The Balaban J connectivity index is 1.94. The van der Waals surface area contributed by atoms with E-state index in [1.165, 1.54) is 22.6 Å². The van der Waals surface area contributed by atoms with Crippen molar-refractivity contribution in [2.75, 3.05) is 26.3 Å². The summed E-state index contributed by atoms with van der Waals surface area (Å²) >= 11 is 0. The first-order chi connectivity index (χ1) is 13.1. The number of nitrogens with zero attached hydrogens (tertiary/aromatic N) is 2. The van der Waals surface area contributed by atoms with Crippen LogP contribution in [0, 0.1) is 5.92 Å². The quantitative estimate of drug-likeness (QED) is 0.636. The van der Waals surface area contributed by atoms with Crippen LogP contribution in [0.15, 0.2) is 18.3 Å². The summed E-state index contributed by atoms with van der Waals surface area (Å²) in [7, 11) is -3.88. The first-order valence-electron chi connectivity index (χ1n) is 8.66. The number of alkyl halides is 3. The first-order valence-corrected chi connectivity index (χ1v) is 10.1. The van der Waals surface area contributed by atoms with E-state index in [9.17, 15) is 26.4 Å². The minimum atomic E-state index is -4.50. The first kappa shape index (κ1) is 22.4. The van der Waals surface area contributed by atoms with E-state index in [2.05, 4.69) is 14.4 Å². The van der Waals surface area contributed by atoms with Crippen LogP contribution >= 0.6 is 0 Å². The molecule has 1 aliphatic rings. The van der Waals surface area contributed by atoms with Gasteiger partial charge in [0, 0.05) is 31.9 Å². The number of hydrogen-bond acceptors (Lipinski definition) is 6. The molecule has 28 heavy (non-hydrogen) atoms. The highest BCUT2D eigenvalue weighted by Crippen LogP contribution is 2.21. The van der Waals surface area contributed by atoms with Crippen molar-refractivity contribution in [1.82, 2.24) is 14.0 Å². The lowest BCUT2D eigenvalue weighted by atomic mass is 10.0. The van der Waals surface area contributed by atoms with Crippen LogP contribution < -0.4 is 9.46 Å². The van der Waals surface area contributed by atoms with Crippen LogP contribution in [0.1, 0.15) is 25.3 Å². The summed E-state index contributed by atoms with van der Waals surface area (Å²) in [5.41, 5.74) is 0.384. The molecule has 0 aliphatic carbocycles. The van der Waals surface area contributed by atoms with Gasteiger partial charge in [-0.3, -0.25) is 4.79 Å². The van der Waals surface area contributed by atoms with Gasteiger partial charge >= 0.3 is 12.1 Å². The van der Waals surface area contributed by atoms with E-state index in [1.807, 2.05) is 0 Å². The van der Waals surface area contributed by atoms with Gasteiger partial charge in [-0.25, -0.2) is 4.98 Å². The Morgan fingerprint density at radius 1 is 1.43 bits per heavy atom. The number of carbonyl (C=O) groups is 1. The van der Waals surface area contributed by atoms with Crippen LogP contribution in [0.3, 0.4) is 0 Å². The molecule has 1 aliphatic heterocycles. The van der Waals surface area contributed by atoms with Gasteiger partial charge in [0.1, 0.15) is 0 Å². The molecule has 0 saturated carbocycles. The normalized spacial score (nSPS) is 18.6. The lowest BCUT2D eigenvalue weighted by Gasteiger charge is -2.30. The molecule has 0 spiro atoms. The van der Waals surface area contributed by atoms with E-state index in [-0.39, 0.29) is 32.1 Å². The minimum absolute atomic E-state index is 0.0183. The summed E-state index contributed by atoms with van der Waals surface area (Å²) in [6.07, 6.45) is -2.19. The molecule has 0 aromatic carbocycles. The number of esters is 1. The third kappa shape index (κ3) is 6.91. The second-order valence-corrected chi connectivity index (χ2v) is 7.94. The summed E-state index contributed by atoms with van der Waals surface area (Å²) in [6.45, 7) is 0.539. The molecule has 1 aromatic heterocycles. The van der Waals surface area contributed by atoms with Crippen molar-refractivity contribution in [3.63, 3.8) is 0 Å². The van der Waals surface area contributed by atoms with Crippen molar-refractivity contribution in [1.29, 1.82) is 0 Å². The van der Waals surface area contributed by atoms with Crippen LogP contribution in [0.2, 0.25) is 0 Å². The maximum atomic E-state index is 12.5. The Labute approximate surface area is 161 Å². The van der Waals surface area contributed by atoms with Crippen molar-refractivity contribution in [2.24, 2.45) is 5.92 Å². The van der Waals surface area contributed by atoms with Crippen LogP contribution in [0.25, 0.3) is 0 Å². The molecule has 1 fully saturated rings. The molecule has 8 nitrogen and oxygen atoms in total. The fraction of sp³-hybridized carbons (Fsp3) is 0.625. The minimum Gasteiger partial charge on any atom is -0.468 e. The van der Waals surface area contributed by atoms with Crippen LogP contribution in [-0.2, 0) is 26.3 Å². The van der Waals surface area contributed by atoms with E-state index in [1.54, 1.807) is 6.92 Å². The molecule has 1 saturated heterocycles. The fourth-order valence-electron chi connectivity index (χ4n) is 2.67. The van der Waals surface area contributed by atoms with Crippen molar-refractivity contribution >= 4 is 16.2 Å². The predicted molar refractivity (Wildman–Crippen MR) is 92.5 cm³/mol. The van der Waals surface area contributed by atoms with Gasteiger partial charge in [0.25, 0.3) is 10.2 Å². The Morgan fingerprint density at radius 2 is 2.18 bits per heavy atom. The van der Waals surface area contributed by atoms with Gasteiger partial charge < -0.3 is 9.47 Å². The molecule has 2 heterocycles. The highest BCUT2D eigenvalue weighted by molar-refractivity contribution is 7.87. The van der Waals surface area contributed by atoms with Crippen LogP contribution in [0.4, 0.5) is 13.2 Å². The number of hydrogen-bond donors (Lipinski definition) is 1. The summed E-state index contributed by atoms with van der Waals surface area (Å²) < 4.78 is 74.6. The molecule has 0 radical (unpaired) electrons. The molecule has 0 amide bonds. The maximum absolute atomic E-state index is 12.5. The smallest absolute Gasteiger partial charge is 0.422 e. The van der Waals surface area contributed by atoms with Gasteiger partial charge in [0.15, 0.2) is 6.61 Å². The van der Waals surface area contributed by atoms with Crippen LogP contribution in [0.5, 0.6) is 5.88 Å². The number of carbonyl (C=O) groups excluding carboxylic acids is 1. The van der Waals surface area contributed by atoms with Crippen molar-refractivity contribution < 1.29 is 35.9 Å². The number of halogens is 3. The predicted octanol–water partition coefficient (Wildman–Crippen LogP) is 1.63. The summed E-state index contributed by atoms with van der Waals surface area (Å²) in [6, 6.07) is 2.69. The zero-order valence-electron chi connectivity index (χ0n) is 15.2. The van der Waals surface area contributed by atoms with Gasteiger partial charge in [-0.2, -0.15) is 30.6 Å². The standard InChI is InChI=1S/C16H22F3N3O5S/c1-2-26-15(23)13-4-3-7-22(10-13)28(24,25)21-9-12-5-6-20-14(8-12)27-11-16(17,18)19/h5-6,8,13,21H,2-4,7,9-11H2,1H3. The number of nitrogens with one attached hydrogen (secondary N) is 1. The third-order valence-corrected chi connectivity index (χ3v) is 5.51. The maximum Gasteiger partial charge on any atom is 0.422 e. The van der Waals surface area contributed by atoms with E-state index < -0.39 is 34.9 Å². The van der Waals surface area contributed by atoms with Gasteiger partial charge in [-0.15, -0.1) is 0 Å². The van der Waals surface area contributed by atoms with Gasteiger partial charge in [0.2, 0.25) is 5.88 Å². The van der Waals surface area contributed by atoms with E-state index in [0.29, 0.717) is 18.4 Å². The zero-order valence-corrected chi connectivity index (χ0v) is 16.1. The average Bonchev–Trinajstić information content (AvgIpc) is 2.65. The monoisotopic (exact) mass is 425 g/mol. The SMILES string of the molecule is CCOC(=O)C1CCCN(S(=O)(=O)NCc2ccnc(OCC(F)(F)F)c2)C1. The van der Waals surface area contributed by atoms with Crippen LogP contribution in [-0.4, -0.2) is 56.2 Å². The second kappa shape index (κ2) is 9.52. The molecule has 1 unspecified atom stereocenters. The fourth-order valence-corrected chi connectivity index (χ4v) is 3.95. The largest absolute Gasteiger partial charge is 0.468 e. The molecule has 158 valence electrons. The molecular weight excluding hydrogens is 403 g/mol. The van der Waals surface area contributed by atoms with Crippen molar-refractivity contribution in [2.45, 2.75) is 32.5 Å². The van der Waals surface area contributed by atoms with Crippen molar-refractivity contribution in [3.05, 3.63) is 23.9 Å². The average molecular weight is 425 g/mol. The van der Waals surface area contributed by atoms with E-state index >= 15 is 0 Å². The number of aromatic nitrogens is 1. The molecule has 1 atom stereocenters. The number of rotatable bonds is 8. The number of ether oxygens (including phenoxy) is 2. The van der Waals surface area contributed by atoms with E-state index in [4.69, 9.17) is 4.74 Å². The Hall–Kier alpha value is -1.92. The third-order valence-electron chi connectivity index (χ3n) is 3.99. The second-order valence-electron chi connectivity index (χ2n) is 6.18. The summed E-state index contributed by atoms with van der Waals surface area (Å²) in [4.78, 5) is 15.5. The summed E-state index contributed by atoms with van der Waals surface area (Å²) in [5.74, 6) is -1.20. The zero-order chi connectivity index (χ0) is 20.8. The highest BCUT2D eigenvalue weighted by atomic mass is 32.2. The number of pyridine rings is 1. The molecule has 1 aromatic rings. The number of piperidine rings is 1. The molecule has 0 bridgehead atoms. The highest BCUT2D eigenvalue weighted by Gasteiger charge is 2.33. The Morgan fingerprint density at radius 3 is 2.86 bits per heavy atom. The van der Waals surface area contributed by atoms with Crippen molar-refractivity contribution in [3.8, 4) is 5.88 Å². The van der Waals surface area contributed by atoms with Gasteiger partial charge in [0.05, 0.1) is 12.5 Å². The summed E-state index contributed by atoms with van der Waals surface area (Å²) in [5, 5.41) is 0.